The van der Waals surface area contributed by atoms with Gasteiger partial charge >= 0.3 is 0 Å². The number of nitrogens with zero attached hydrogens (tertiary/aromatic N) is 1. The van der Waals surface area contributed by atoms with Crippen LogP contribution in [0.5, 0.6) is 0 Å². The van der Waals surface area contributed by atoms with E-state index in [0.29, 0.717) is 23.7 Å². The third-order valence-corrected chi connectivity index (χ3v) is 6.17. The number of rotatable bonds is 2. The molecule has 0 radical (unpaired) electrons. The number of likely N-dealkylation sites (tertiary alicyclic amines) is 1. The molecule has 1 aromatic rings. The summed E-state index contributed by atoms with van der Waals surface area (Å²) in [5.74, 6) is 2.27. The number of allylic oxidation sites excluding steroid dienone is 2. The van der Waals surface area contributed by atoms with Crippen LogP contribution >= 0.6 is 11.6 Å². The molecule has 4 atom stereocenters. The van der Waals surface area contributed by atoms with Gasteiger partial charge in [0.15, 0.2) is 0 Å². The first-order chi connectivity index (χ1) is 11.2. The van der Waals surface area contributed by atoms with Crippen LogP contribution in [-0.4, -0.2) is 23.9 Å². The van der Waals surface area contributed by atoms with Crippen molar-refractivity contribution in [1.82, 2.24) is 4.90 Å². The Balaban J connectivity index is 1.48. The Labute approximate surface area is 143 Å². The molecule has 3 aliphatic rings. The van der Waals surface area contributed by atoms with Crippen LogP contribution in [0.3, 0.4) is 0 Å². The molecule has 1 saturated carbocycles. The summed E-state index contributed by atoms with van der Waals surface area (Å²) in [5, 5.41) is 0.782. The quantitative estimate of drug-likeness (QED) is 0.723. The van der Waals surface area contributed by atoms with E-state index >= 15 is 0 Å². The van der Waals surface area contributed by atoms with Gasteiger partial charge < -0.3 is 4.90 Å². The molecule has 0 aromatic heterocycles. The van der Waals surface area contributed by atoms with Gasteiger partial charge in [-0.15, -0.1) is 0 Å². The number of amides is 1. The first-order valence-electron chi connectivity index (χ1n) is 8.93. The van der Waals surface area contributed by atoms with Crippen molar-refractivity contribution in [1.29, 1.82) is 0 Å². The van der Waals surface area contributed by atoms with Gasteiger partial charge in [-0.05, 0) is 55.2 Å². The highest BCUT2D eigenvalue weighted by Crippen LogP contribution is 2.44. The molecule has 0 spiro atoms. The molecule has 23 heavy (non-hydrogen) atoms. The Hall–Kier alpha value is -1.28. The molecule has 0 unspecified atom stereocenters. The molecular formula is C20H24ClNO. The zero-order chi connectivity index (χ0) is 15.8. The van der Waals surface area contributed by atoms with Gasteiger partial charge in [0.1, 0.15) is 0 Å². The zero-order valence-electron chi connectivity index (χ0n) is 13.5. The summed E-state index contributed by atoms with van der Waals surface area (Å²) in [5.41, 5.74) is 1.32. The van der Waals surface area contributed by atoms with Crippen LogP contribution in [0.15, 0.2) is 36.4 Å². The number of benzene rings is 1. The summed E-state index contributed by atoms with van der Waals surface area (Å²) < 4.78 is 0. The molecule has 1 amide bonds. The fraction of sp³-hybridized carbons (Fsp3) is 0.550. The van der Waals surface area contributed by atoms with E-state index in [0.717, 1.165) is 31.0 Å². The number of fused-ring (bicyclic) bond motifs is 2. The average molecular weight is 330 g/mol. The summed E-state index contributed by atoms with van der Waals surface area (Å²) in [6.45, 7) is 1.80. The van der Waals surface area contributed by atoms with Crippen LogP contribution in [-0.2, 0) is 4.79 Å². The largest absolute Gasteiger partial charge is 0.342 e. The molecule has 4 rings (SSSR count). The minimum Gasteiger partial charge on any atom is -0.342 e. The first kappa shape index (κ1) is 15.3. The van der Waals surface area contributed by atoms with Crippen LogP contribution in [0.1, 0.15) is 43.6 Å². The number of hydrogen-bond donors (Lipinski definition) is 0. The number of carbonyl (C=O) groups excluding carboxylic acids is 1. The molecule has 1 heterocycles. The van der Waals surface area contributed by atoms with Crippen molar-refractivity contribution < 1.29 is 4.79 Å². The monoisotopic (exact) mass is 329 g/mol. The standard InChI is InChI=1S/C20H24ClNO/c21-18-8-6-15(7-9-18)17-3-1-2-10-22(13-17)20(23)19-12-14-4-5-16(19)11-14/h4-9,14,16-17,19H,1-3,10-13H2/t14-,16-,17-,19+/m0/s1. The molecule has 1 saturated heterocycles. The maximum atomic E-state index is 13.0. The van der Waals surface area contributed by atoms with Crippen LogP contribution in [0.4, 0.5) is 0 Å². The van der Waals surface area contributed by atoms with Gasteiger partial charge in [0.2, 0.25) is 5.91 Å². The van der Waals surface area contributed by atoms with Crippen LogP contribution in [0.2, 0.25) is 5.02 Å². The Morgan fingerprint density at radius 1 is 1.09 bits per heavy atom. The minimum atomic E-state index is 0.244. The molecule has 122 valence electrons. The molecule has 1 aromatic carbocycles. The molecule has 3 heteroatoms. The molecule has 2 bridgehead atoms. The van der Waals surface area contributed by atoms with Crippen molar-refractivity contribution in [2.45, 2.75) is 38.0 Å². The third kappa shape index (κ3) is 3.06. The van der Waals surface area contributed by atoms with E-state index < -0.39 is 0 Å². The Morgan fingerprint density at radius 2 is 1.91 bits per heavy atom. The maximum absolute atomic E-state index is 13.0. The Morgan fingerprint density at radius 3 is 2.61 bits per heavy atom. The highest BCUT2D eigenvalue weighted by Gasteiger charge is 2.41. The van der Waals surface area contributed by atoms with E-state index in [-0.39, 0.29) is 5.92 Å². The molecule has 2 nitrogen and oxygen atoms in total. The van der Waals surface area contributed by atoms with Gasteiger partial charge in [0.05, 0.1) is 0 Å². The van der Waals surface area contributed by atoms with Gasteiger partial charge in [-0.2, -0.15) is 0 Å². The van der Waals surface area contributed by atoms with Crippen LogP contribution < -0.4 is 0 Å². The topological polar surface area (TPSA) is 20.3 Å². The lowest BCUT2D eigenvalue weighted by Gasteiger charge is -2.29. The van der Waals surface area contributed by atoms with Crippen molar-refractivity contribution in [2.24, 2.45) is 17.8 Å². The lowest BCUT2D eigenvalue weighted by atomic mass is 9.91. The second-order valence-corrected chi connectivity index (χ2v) is 7.85. The molecule has 2 fully saturated rings. The van der Waals surface area contributed by atoms with Crippen molar-refractivity contribution in [3.63, 3.8) is 0 Å². The zero-order valence-corrected chi connectivity index (χ0v) is 14.2. The second-order valence-electron chi connectivity index (χ2n) is 7.42. The highest BCUT2D eigenvalue weighted by molar-refractivity contribution is 6.30. The number of carbonyl (C=O) groups is 1. The van der Waals surface area contributed by atoms with Gasteiger partial charge in [0.25, 0.3) is 0 Å². The number of halogens is 1. The summed E-state index contributed by atoms with van der Waals surface area (Å²) in [6, 6.07) is 8.19. The van der Waals surface area contributed by atoms with E-state index in [9.17, 15) is 4.79 Å². The SMILES string of the molecule is O=C([C@@H]1C[C@H]2C=C[C@H]1C2)N1CCCC[C@H](c2ccc(Cl)cc2)C1. The summed E-state index contributed by atoms with van der Waals surface area (Å²) in [4.78, 5) is 15.2. The second kappa shape index (κ2) is 6.32. The average Bonchev–Trinajstić information content (AvgIpc) is 3.11. The van der Waals surface area contributed by atoms with E-state index in [4.69, 9.17) is 11.6 Å². The fourth-order valence-electron chi connectivity index (χ4n) is 4.65. The third-order valence-electron chi connectivity index (χ3n) is 5.92. The molecule has 0 N–H and O–H groups in total. The van der Waals surface area contributed by atoms with Crippen molar-refractivity contribution >= 4 is 17.5 Å². The summed E-state index contributed by atoms with van der Waals surface area (Å²) >= 11 is 6.01. The Bertz CT molecular complexity index is 609. The predicted octanol–water partition coefficient (Wildman–Crippen LogP) is 4.65. The number of hydrogen-bond acceptors (Lipinski definition) is 1. The highest BCUT2D eigenvalue weighted by atomic mass is 35.5. The smallest absolute Gasteiger partial charge is 0.226 e. The van der Waals surface area contributed by atoms with E-state index in [1.54, 1.807) is 0 Å². The molecule has 2 aliphatic carbocycles. The molecule has 1 aliphatic heterocycles. The van der Waals surface area contributed by atoms with Gasteiger partial charge in [-0.1, -0.05) is 42.3 Å². The predicted molar refractivity (Wildman–Crippen MR) is 93.5 cm³/mol. The lowest BCUT2D eigenvalue weighted by Crippen LogP contribution is -2.39. The van der Waals surface area contributed by atoms with E-state index in [1.807, 2.05) is 12.1 Å². The van der Waals surface area contributed by atoms with Crippen molar-refractivity contribution in [3.8, 4) is 0 Å². The fourth-order valence-corrected chi connectivity index (χ4v) is 4.77. The summed E-state index contributed by atoms with van der Waals surface area (Å²) in [7, 11) is 0. The normalized spacial score (nSPS) is 33.0. The van der Waals surface area contributed by atoms with Crippen molar-refractivity contribution in [2.75, 3.05) is 13.1 Å². The van der Waals surface area contributed by atoms with Crippen LogP contribution in [0, 0.1) is 17.8 Å². The lowest BCUT2D eigenvalue weighted by molar-refractivity contribution is -0.136. The van der Waals surface area contributed by atoms with Gasteiger partial charge in [0, 0.05) is 29.9 Å². The van der Waals surface area contributed by atoms with Crippen molar-refractivity contribution in [3.05, 3.63) is 47.0 Å². The first-order valence-corrected chi connectivity index (χ1v) is 9.31. The summed E-state index contributed by atoms with van der Waals surface area (Å²) in [6.07, 6.45) is 10.4. The maximum Gasteiger partial charge on any atom is 0.226 e. The van der Waals surface area contributed by atoms with E-state index in [1.165, 1.54) is 24.8 Å². The van der Waals surface area contributed by atoms with Gasteiger partial charge in [-0.3, -0.25) is 4.79 Å². The van der Waals surface area contributed by atoms with Gasteiger partial charge in [-0.25, -0.2) is 0 Å². The van der Waals surface area contributed by atoms with Crippen LogP contribution in [0.25, 0.3) is 0 Å². The molecular weight excluding hydrogens is 306 g/mol. The Kier molecular flexibility index (Phi) is 4.19. The van der Waals surface area contributed by atoms with E-state index in [2.05, 4.69) is 29.2 Å². The minimum absolute atomic E-state index is 0.244.